The SMILES string of the molecule is O=C(O)CCCNS(=O)(=O)c1cccc(Br)c1. The Morgan fingerprint density at radius 1 is 1.41 bits per heavy atom. The van der Waals surface area contributed by atoms with Crippen molar-refractivity contribution < 1.29 is 18.3 Å². The van der Waals surface area contributed by atoms with Gasteiger partial charge in [-0.15, -0.1) is 0 Å². The molecule has 1 aromatic carbocycles. The van der Waals surface area contributed by atoms with Gasteiger partial charge in [-0.2, -0.15) is 0 Å². The Hall–Kier alpha value is -0.920. The molecule has 94 valence electrons. The van der Waals surface area contributed by atoms with Gasteiger partial charge in [0, 0.05) is 17.4 Å². The standard InChI is InChI=1S/C10H12BrNO4S/c11-8-3-1-4-9(7-8)17(15,16)12-6-2-5-10(13)14/h1,3-4,7,12H,2,5-6H2,(H,13,14). The highest BCUT2D eigenvalue weighted by atomic mass is 79.9. The fourth-order valence-corrected chi connectivity index (χ4v) is 2.83. The summed E-state index contributed by atoms with van der Waals surface area (Å²) >= 11 is 3.19. The average molecular weight is 322 g/mol. The molecule has 17 heavy (non-hydrogen) atoms. The lowest BCUT2D eigenvalue weighted by Gasteiger charge is -2.06. The Kier molecular flexibility index (Phi) is 5.10. The van der Waals surface area contributed by atoms with Crippen LogP contribution < -0.4 is 4.72 Å². The summed E-state index contributed by atoms with van der Waals surface area (Å²) < 4.78 is 26.5. The molecule has 5 nitrogen and oxygen atoms in total. The zero-order valence-electron chi connectivity index (χ0n) is 8.89. The van der Waals surface area contributed by atoms with E-state index in [0.29, 0.717) is 4.47 Å². The molecule has 2 N–H and O–H groups in total. The third-order valence-corrected chi connectivity index (χ3v) is 3.92. The lowest BCUT2D eigenvalue weighted by atomic mass is 10.3. The van der Waals surface area contributed by atoms with Crippen LogP contribution in [0, 0.1) is 0 Å². The summed E-state index contributed by atoms with van der Waals surface area (Å²) in [6.07, 6.45) is 0.212. The van der Waals surface area contributed by atoms with Crippen LogP contribution >= 0.6 is 15.9 Å². The van der Waals surface area contributed by atoms with E-state index < -0.39 is 16.0 Å². The molecule has 0 aliphatic carbocycles. The number of halogens is 1. The Morgan fingerprint density at radius 3 is 2.71 bits per heavy atom. The third kappa shape index (κ3) is 4.84. The molecule has 0 amide bonds. The largest absolute Gasteiger partial charge is 0.481 e. The fraction of sp³-hybridized carbons (Fsp3) is 0.300. The second-order valence-electron chi connectivity index (χ2n) is 3.35. The maximum atomic E-state index is 11.7. The summed E-state index contributed by atoms with van der Waals surface area (Å²) in [5.74, 6) is -0.938. The van der Waals surface area contributed by atoms with Gasteiger partial charge in [0.05, 0.1) is 4.90 Å². The molecule has 0 bridgehead atoms. The minimum Gasteiger partial charge on any atom is -0.481 e. The molecule has 0 heterocycles. The first-order chi connectivity index (χ1) is 7.92. The van der Waals surface area contributed by atoms with Gasteiger partial charge in [0.2, 0.25) is 10.0 Å². The number of aliphatic carboxylic acids is 1. The van der Waals surface area contributed by atoms with Crippen LogP contribution in [0.1, 0.15) is 12.8 Å². The van der Waals surface area contributed by atoms with Gasteiger partial charge in [0.1, 0.15) is 0 Å². The van der Waals surface area contributed by atoms with E-state index in [0.717, 1.165) is 0 Å². The number of benzene rings is 1. The van der Waals surface area contributed by atoms with Crippen LogP contribution in [0.4, 0.5) is 0 Å². The predicted octanol–water partition coefficient (Wildman–Crippen LogP) is 1.59. The Balaban J connectivity index is 2.60. The molecule has 0 aliphatic heterocycles. The van der Waals surface area contributed by atoms with E-state index in [4.69, 9.17) is 5.11 Å². The van der Waals surface area contributed by atoms with Crippen molar-refractivity contribution in [2.45, 2.75) is 17.7 Å². The number of carboxylic acid groups (broad SMARTS) is 1. The van der Waals surface area contributed by atoms with Gasteiger partial charge in [-0.25, -0.2) is 13.1 Å². The number of carbonyl (C=O) groups is 1. The molecule has 0 atom stereocenters. The van der Waals surface area contributed by atoms with Crippen molar-refractivity contribution in [2.75, 3.05) is 6.54 Å². The molecule has 0 radical (unpaired) electrons. The average Bonchev–Trinajstić information content (AvgIpc) is 2.24. The third-order valence-electron chi connectivity index (χ3n) is 1.97. The van der Waals surface area contributed by atoms with E-state index in [1.54, 1.807) is 12.1 Å². The van der Waals surface area contributed by atoms with Crippen LogP contribution in [-0.4, -0.2) is 26.0 Å². The minimum atomic E-state index is -3.55. The molecule has 7 heteroatoms. The van der Waals surface area contributed by atoms with Crippen LogP contribution in [0.15, 0.2) is 33.6 Å². The van der Waals surface area contributed by atoms with Crippen molar-refractivity contribution in [3.63, 3.8) is 0 Å². The van der Waals surface area contributed by atoms with Gasteiger partial charge in [-0.3, -0.25) is 4.79 Å². The lowest BCUT2D eigenvalue weighted by molar-refractivity contribution is -0.137. The quantitative estimate of drug-likeness (QED) is 0.779. The Bertz CT molecular complexity index is 501. The zero-order chi connectivity index (χ0) is 12.9. The molecule has 0 aromatic heterocycles. The lowest BCUT2D eigenvalue weighted by Crippen LogP contribution is -2.25. The van der Waals surface area contributed by atoms with Crippen LogP contribution in [0.5, 0.6) is 0 Å². The van der Waals surface area contributed by atoms with E-state index in [9.17, 15) is 13.2 Å². The topological polar surface area (TPSA) is 83.5 Å². The first-order valence-corrected chi connectivity index (χ1v) is 7.16. The second-order valence-corrected chi connectivity index (χ2v) is 6.04. The molecule has 0 unspecified atom stereocenters. The van der Waals surface area contributed by atoms with Crippen molar-refractivity contribution >= 4 is 31.9 Å². The Labute approximate surface area is 108 Å². The molecule has 0 aliphatic rings. The molecule has 1 aromatic rings. The van der Waals surface area contributed by atoms with Gasteiger partial charge in [-0.05, 0) is 24.6 Å². The van der Waals surface area contributed by atoms with Gasteiger partial charge in [0.15, 0.2) is 0 Å². The predicted molar refractivity (Wildman–Crippen MR) is 66.2 cm³/mol. The van der Waals surface area contributed by atoms with Gasteiger partial charge in [-0.1, -0.05) is 22.0 Å². The Morgan fingerprint density at radius 2 is 2.12 bits per heavy atom. The fourth-order valence-electron chi connectivity index (χ4n) is 1.16. The van der Waals surface area contributed by atoms with Gasteiger partial charge >= 0.3 is 5.97 Å². The van der Waals surface area contributed by atoms with Crippen LogP contribution in [-0.2, 0) is 14.8 Å². The van der Waals surface area contributed by atoms with E-state index in [1.165, 1.54) is 12.1 Å². The molecule has 0 spiro atoms. The zero-order valence-corrected chi connectivity index (χ0v) is 11.3. The first-order valence-electron chi connectivity index (χ1n) is 4.89. The normalized spacial score (nSPS) is 11.4. The second kappa shape index (κ2) is 6.13. The molecule has 0 fully saturated rings. The van der Waals surface area contributed by atoms with Gasteiger partial charge < -0.3 is 5.11 Å². The van der Waals surface area contributed by atoms with Crippen molar-refractivity contribution in [3.05, 3.63) is 28.7 Å². The summed E-state index contributed by atoms with van der Waals surface area (Å²) in [6, 6.07) is 6.31. The summed E-state index contributed by atoms with van der Waals surface area (Å²) in [4.78, 5) is 10.4. The van der Waals surface area contributed by atoms with Crippen LogP contribution in [0.25, 0.3) is 0 Å². The summed E-state index contributed by atoms with van der Waals surface area (Å²) in [5.41, 5.74) is 0. The van der Waals surface area contributed by atoms with E-state index in [2.05, 4.69) is 20.7 Å². The highest BCUT2D eigenvalue weighted by Crippen LogP contribution is 2.15. The van der Waals surface area contributed by atoms with E-state index >= 15 is 0 Å². The maximum Gasteiger partial charge on any atom is 0.303 e. The smallest absolute Gasteiger partial charge is 0.303 e. The van der Waals surface area contributed by atoms with Crippen molar-refractivity contribution in [1.82, 2.24) is 4.72 Å². The minimum absolute atomic E-state index is 0.0546. The highest BCUT2D eigenvalue weighted by molar-refractivity contribution is 9.10. The molecule has 0 saturated carbocycles. The summed E-state index contributed by atoms with van der Waals surface area (Å²) in [6.45, 7) is 0.112. The number of hydrogen-bond donors (Lipinski definition) is 2. The molecule has 0 saturated heterocycles. The molecular weight excluding hydrogens is 310 g/mol. The number of carboxylic acids is 1. The monoisotopic (exact) mass is 321 g/mol. The number of sulfonamides is 1. The number of rotatable bonds is 6. The summed E-state index contributed by atoms with van der Waals surface area (Å²) in [5, 5.41) is 8.41. The molecule has 1 rings (SSSR count). The van der Waals surface area contributed by atoms with Crippen molar-refractivity contribution in [1.29, 1.82) is 0 Å². The van der Waals surface area contributed by atoms with Crippen LogP contribution in [0.2, 0.25) is 0 Å². The van der Waals surface area contributed by atoms with Crippen LogP contribution in [0.3, 0.4) is 0 Å². The summed E-state index contributed by atoms with van der Waals surface area (Å²) in [7, 11) is -3.55. The molecular formula is C10H12BrNO4S. The van der Waals surface area contributed by atoms with Gasteiger partial charge in [0.25, 0.3) is 0 Å². The number of nitrogens with one attached hydrogen (secondary N) is 1. The van der Waals surface area contributed by atoms with E-state index in [1.807, 2.05) is 0 Å². The van der Waals surface area contributed by atoms with E-state index in [-0.39, 0.29) is 24.3 Å². The van der Waals surface area contributed by atoms with Crippen molar-refractivity contribution in [2.24, 2.45) is 0 Å². The maximum absolute atomic E-state index is 11.7. The highest BCUT2D eigenvalue weighted by Gasteiger charge is 2.13. The first kappa shape index (κ1) is 14.1. The number of hydrogen-bond acceptors (Lipinski definition) is 3. The van der Waals surface area contributed by atoms with Crippen molar-refractivity contribution in [3.8, 4) is 0 Å².